The van der Waals surface area contributed by atoms with E-state index in [1.807, 2.05) is 19.1 Å². The number of rotatable bonds is 4. The minimum absolute atomic E-state index is 0.00573. The van der Waals surface area contributed by atoms with Crippen LogP contribution in [0.3, 0.4) is 0 Å². The Balaban J connectivity index is 2.19. The Morgan fingerprint density at radius 1 is 1.44 bits per heavy atom. The van der Waals surface area contributed by atoms with E-state index in [1.54, 1.807) is 0 Å². The van der Waals surface area contributed by atoms with Crippen LogP contribution in [-0.4, -0.2) is 17.7 Å². The van der Waals surface area contributed by atoms with Crippen molar-refractivity contribution in [2.45, 2.75) is 58.3 Å². The quantitative estimate of drug-likeness (QED) is 0.892. The number of benzene rings is 1. The first-order valence-corrected chi connectivity index (χ1v) is 6.66. The van der Waals surface area contributed by atoms with E-state index in [1.165, 1.54) is 5.56 Å². The average molecular weight is 249 g/mol. The number of para-hydroxylation sites is 1. The maximum absolute atomic E-state index is 6.00. The predicted molar refractivity (Wildman–Crippen MR) is 73.2 cm³/mol. The normalized spacial score (nSPS) is 19.8. The van der Waals surface area contributed by atoms with Gasteiger partial charge in [-0.15, -0.1) is 0 Å². The Morgan fingerprint density at radius 3 is 2.83 bits per heavy atom. The first-order chi connectivity index (χ1) is 8.43. The van der Waals surface area contributed by atoms with Gasteiger partial charge in [-0.3, -0.25) is 0 Å². The lowest BCUT2D eigenvalue weighted by molar-refractivity contribution is 0.123. The standard InChI is InChI=1S/C15H23NO2/c1-5-12(16)10(2)17-13-8-6-7-11-9-15(3,4)18-14(11)13/h6-8,10,12H,5,9,16H2,1-4H3. The first-order valence-electron chi connectivity index (χ1n) is 6.66. The number of fused-ring (bicyclic) bond motifs is 1. The second-order valence-electron chi connectivity index (χ2n) is 5.68. The maximum atomic E-state index is 6.00. The van der Waals surface area contributed by atoms with Crippen LogP contribution in [0, 0.1) is 0 Å². The van der Waals surface area contributed by atoms with Gasteiger partial charge in [0.2, 0.25) is 0 Å². The molecule has 18 heavy (non-hydrogen) atoms. The molecule has 2 atom stereocenters. The Morgan fingerprint density at radius 2 is 2.17 bits per heavy atom. The lowest BCUT2D eigenvalue weighted by Gasteiger charge is -2.22. The number of hydrogen-bond acceptors (Lipinski definition) is 3. The summed E-state index contributed by atoms with van der Waals surface area (Å²) in [5, 5.41) is 0. The molecule has 2 rings (SSSR count). The zero-order valence-electron chi connectivity index (χ0n) is 11.7. The number of nitrogens with two attached hydrogens (primary N) is 1. The highest BCUT2D eigenvalue weighted by molar-refractivity contribution is 5.50. The van der Waals surface area contributed by atoms with E-state index in [-0.39, 0.29) is 17.7 Å². The molecule has 0 fully saturated rings. The van der Waals surface area contributed by atoms with Gasteiger partial charge in [0.15, 0.2) is 11.5 Å². The molecule has 3 nitrogen and oxygen atoms in total. The summed E-state index contributed by atoms with van der Waals surface area (Å²) >= 11 is 0. The lowest BCUT2D eigenvalue weighted by Crippen LogP contribution is -2.36. The fourth-order valence-electron chi connectivity index (χ4n) is 2.30. The molecule has 1 aliphatic heterocycles. The van der Waals surface area contributed by atoms with Gasteiger partial charge in [0.25, 0.3) is 0 Å². The molecule has 0 saturated heterocycles. The van der Waals surface area contributed by atoms with Crippen LogP contribution in [0.4, 0.5) is 0 Å². The molecular weight excluding hydrogens is 226 g/mol. The second-order valence-corrected chi connectivity index (χ2v) is 5.68. The Bertz CT molecular complexity index is 429. The third-order valence-corrected chi connectivity index (χ3v) is 3.44. The minimum Gasteiger partial charge on any atom is -0.485 e. The smallest absolute Gasteiger partial charge is 0.165 e. The van der Waals surface area contributed by atoms with Gasteiger partial charge in [0.1, 0.15) is 11.7 Å². The molecule has 0 radical (unpaired) electrons. The number of hydrogen-bond donors (Lipinski definition) is 1. The van der Waals surface area contributed by atoms with Gasteiger partial charge in [-0.2, -0.15) is 0 Å². The molecule has 3 heteroatoms. The van der Waals surface area contributed by atoms with E-state index in [9.17, 15) is 0 Å². The maximum Gasteiger partial charge on any atom is 0.165 e. The lowest BCUT2D eigenvalue weighted by atomic mass is 10.0. The third kappa shape index (κ3) is 2.61. The summed E-state index contributed by atoms with van der Waals surface area (Å²) in [6.45, 7) is 8.27. The van der Waals surface area contributed by atoms with Crippen molar-refractivity contribution in [1.29, 1.82) is 0 Å². The summed E-state index contributed by atoms with van der Waals surface area (Å²) in [4.78, 5) is 0. The van der Waals surface area contributed by atoms with Crippen LogP contribution in [0.25, 0.3) is 0 Å². The summed E-state index contributed by atoms with van der Waals surface area (Å²) in [7, 11) is 0. The van der Waals surface area contributed by atoms with Gasteiger partial charge >= 0.3 is 0 Å². The molecular formula is C15H23NO2. The Labute approximate surface area is 109 Å². The Hall–Kier alpha value is -1.22. The van der Waals surface area contributed by atoms with Crippen LogP contribution in [0.2, 0.25) is 0 Å². The molecule has 0 saturated carbocycles. The van der Waals surface area contributed by atoms with E-state index in [2.05, 4.69) is 26.8 Å². The number of ether oxygens (including phenoxy) is 2. The molecule has 1 aliphatic rings. The van der Waals surface area contributed by atoms with Crippen molar-refractivity contribution in [3.63, 3.8) is 0 Å². The highest BCUT2D eigenvalue weighted by Gasteiger charge is 2.32. The van der Waals surface area contributed by atoms with Crippen molar-refractivity contribution in [2.75, 3.05) is 0 Å². The SMILES string of the molecule is CCC(N)C(C)Oc1cccc2c1OC(C)(C)C2. The largest absolute Gasteiger partial charge is 0.485 e. The molecule has 100 valence electrons. The van der Waals surface area contributed by atoms with Crippen LogP contribution >= 0.6 is 0 Å². The van der Waals surface area contributed by atoms with Crippen molar-refractivity contribution in [3.8, 4) is 11.5 Å². The van der Waals surface area contributed by atoms with Crippen molar-refractivity contribution in [3.05, 3.63) is 23.8 Å². The average Bonchev–Trinajstić information content (AvgIpc) is 2.63. The Kier molecular flexibility index (Phi) is 3.53. The van der Waals surface area contributed by atoms with Gasteiger partial charge in [0.05, 0.1) is 0 Å². The van der Waals surface area contributed by atoms with Gasteiger partial charge in [0, 0.05) is 18.0 Å². The molecule has 0 bridgehead atoms. The van der Waals surface area contributed by atoms with Crippen molar-refractivity contribution >= 4 is 0 Å². The first kappa shape index (κ1) is 13.2. The summed E-state index contributed by atoms with van der Waals surface area (Å²) in [5.41, 5.74) is 7.07. The molecule has 2 unspecified atom stereocenters. The molecule has 1 heterocycles. The summed E-state index contributed by atoms with van der Waals surface area (Å²) < 4.78 is 11.9. The monoisotopic (exact) mass is 249 g/mol. The second kappa shape index (κ2) is 4.81. The van der Waals surface area contributed by atoms with Crippen LogP contribution in [0.5, 0.6) is 11.5 Å². The van der Waals surface area contributed by atoms with Gasteiger partial charge < -0.3 is 15.2 Å². The zero-order valence-corrected chi connectivity index (χ0v) is 11.7. The van der Waals surface area contributed by atoms with Crippen LogP contribution in [0.15, 0.2) is 18.2 Å². The van der Waals surface area contributed by atoms with Crippen LogP contribution in [0.1, 0.15) is 39.7 Å². The van der Waals surface area contributed by atoms with E-state index in [0.29, 0.717) is 0 Å². The molecule has 0 aliphatic carbocycles. The minimum atomic E-state index is -0.141. The zero-order chi connectivity index (χ0) is 13.3. The van der Waals surface area contributed by atoms with Crippen molar-refractivity contribution in [1.82, 2.24) is 0 Å². The fraction of sp³-hybridized carbons (Fsp3) is 0.600. The molecule has 0 spiro atoms. The van der Waals surface area contributed by atoms with E-state index >= 15 is 0 Å². The summed E-state index contributed by atoms with van der Waals surface area (Å²) in [6, 6.07) is 6.12. The van der Waals surface area contributed by atoms with Gasteiger partial charge in [-0.25, -0.2) is 0 Å². The topological polar surface area (TPSA) is 44.5 Å². The molecule has 2 N–H and O–H groups in total. The molecule has 0 aromatic heterocycles. The van der Waals surface area contributed by atoms with E-state index in [0.717, 1.165) is 24.3 Å². The molecule has 0 amide bonds. The van der Waals surface area contributed by atoms with Gasteiger partial charge in [-0.1, -0.05) is 19.1 Å². The van der Waals surface area contributed by atoms with Crippen LogP contribution in [-0.2, 0) is 6.42 Å². The fourth-order valence-corrected chi connectivity index (χ4v) is 2.30. The van der Waals surface area contributed by atoms with Crippen molar-refractivity contribution in [2.24, 2.45) is 5.73 Å². The predicted octanol–water partition coefficient (Wildman–Crippen LogP) is 2.90. The van der Waals surface area contributed by atoms with Crippen LogP contribution < -0.4 is 15.2 Å². The third-order valence-electron chi connectivity index (χ3n) is 3.44. The molecule has 1 aromatic rings. The van der Waals surface area contributed by atoms with E-state index < -0.39 is 0 Å². The highest BCUT2D eigenvalue weighted by Crippen LogP contribution is 2.42. The molecule has 1 aromatic carbocycles. The summed E-state index contributed by atoms with van der Waals surface area (Å²) in [5.74, 6) is 1.70. The van der Waals surface area contributed by atoms with Crippen molar-refractivity contribution < 1.29 is 9.47 Å². The van der Waals surface area contributed by atoms with Gasteiger partial charge in [-0.05, 0) is 33.3 Å². The highest BCUT2D eigenvalue weighted by atomic mass is 16.5. The van der Waals surface area contributed by atoms with E-state index in [4.69, 9.17) is 15.2 Å². The summed E-state index contributed by atoms with van der Waals surface area (Å²) in [6.07, 6.45) is 1.82.